The van der Waals surface area contributed by atoms with Crippen LogP contribution in [0, 0.1) is 11.6 Å². The average molecular weight is 350 g/mol. The molecule has 1 N–H and O–H groups in total. The van der Waals surface area contributed by atoms with Gasteiger partial charge in [-0.3, -0.25) is 4.40 Å². The summed E-state index contributed by atoms with van der Waals surface area (Å²) < 4.78 is 28.6. The van der Waals surface area contributed by atoms with Crippen molar-refractivity contribution in [3.8, 4) is 17.0 Å². The maximum atomic E-state index is 13.7. The molecule has 0 unspecified atom stereocenters. The van der Waals surface area contributed by atoms with E-state index in [-0.39, 0.29) is 5.75 Å². The second kappa shape index (κ2) is 6.36. The Kier molecular flexibility index (Phi) is 3.89. The lowest BCUT2D eigenvalue weighted by atomic mass is 10.1. The monoisotopic (exact) mass is 350 g/mol. The third kappa shape index (κ3) is 2.90. The highest BCUT2D eigenvalue weighted by Gasteiger charge is 2.15. The smallest absolute Gasteiger partial charge is 0.187 e. The molecule has 0 aliphatic heterocycles. The number of fused-ring (bicyclic) bond motifs is 1. The Morgan fingerprint density at radius 3 is 2.46 bits per heavy atom. The van der Waals surface area contributed by atoms with E-state index < -0.39 is 11.6 Å². The first-order valence-electron chi connectivity index (χ1n) is 7.75. The number of nitrogens with zero attached hydrogens (tertiary/aromatic N) is 4. The summed E-state index contributed by atoms with van der Waals surface area (Å²) >= 11 is 0. The van der Waals surface area contributed by atoms with Crippen LogP contribution in [0.4, 0.5) is 20.3 Å². The van der Waals surface area contributed by atoms with Crippen molar-refractivity contribution in [3.63, 3.8) is 0 Å². The average Bonchev–Trinajstić information content (AvgIpc) is 3.02. The molecule has 5 nitrogen and oxygen atoms in total. The molecule has 0 saturated heterocycles. The zero-order valence-electron chi connectivity index (χ0n) is 13.3. The molecule has 2 heterocycles. The maximum Gasteiger partial charge on any atom is 0.187 e. The number of halogens is 2. The molecule has 0 aliphatic carbocycles. The molecular weight excluding hydrogens is 338 g/mol. The minimum Gasteiger partial charge on any atom is -0.508 e. The van der Waals surface area contributed by atoms with Gasteiger partial charge in [0.2, 0.25) is 0 Å². The minimum atomic E-state index is -0.957. The SMILES string of the molecule is Oc1ccc(N=Nc2c(-c3ccc(F)c(F)c3)nc3ccccn23)cc1. The molecule has 2 aromatic carbocycles. The number of hydrogen-bond acceptors (Lipinski definition) is 4. The molecule has 0 amide bonds. The lowest BCUT2D eigenvalue weighted by molar-refractivity contribution is 0.475. The number of aromatic nitrogens is 2. The van der Waals surface area contributed by atoms with Gasteiger partial charge in [0.1, 0.15) is 17.1 Å². The predicted octanol–water partition coefficient (Wildman–Crippen LogP) is 5.40. The number of rotatable bonds is 3. The fraction of sp³-hybridized carbons (Fsp3) is 0. The summed E-state index contributed by atoms with van der Waals surface area (Å²) in [6, 6.07) is 15.2. The van der Waals surface area contributed by atoms with Crippen LogP contribution < -0.4 is 0 Å². The van der Waals surface area contributed by atoms with Crippen LogP contribution in [-0.4, -0.2) is 14.5 Å². The molecule has 4 rings (SSSR count). The van der Waals surface area contributed by atoms with E-state index in [1.807, 2.05) is 12.1 Å². The molecule has 128 valence electrons. The van der Waals surface area contributed by atoms with Gasteiger partial charge < -0.3 is 5.11 Å². The Balaban J connectivity index is 1.86. The van der Waals surface area contributed by atoms with Gasteiger partial charge in [0.25, 0.3) is 0 Å². The highest BCUT2D eigenvalue weighted by atomic mass is 19.2. The Morgan fingerprint density at radius 2 is 1.69 bits per heavy atom. The molecule has 2 aromatic heterocycles. The molecular formula is C19H12F2N4O. The minimum absolute atomic E-state index is 0.126. The number of aromatic hydroxyl groups is 1. The van der Waals surface area contributed by atoms with E-state index >= 15 is 0 Å². The number of benzene rings is 2. The first-order chi connectivity index (χ1) is 12.6. The number of pyridine rings is 1. The summed E-state index contributed by atoms with van der Waals surface area (Å²) in [5.41, 5.74) is 1.92. The Bertz CT molecular complexity index is 1120. The highest BCUT2D eigenvalue weighted by molar-refractivity contribution is 5.74. The van der Waals surface area contributed by atoms with Crippen LogP contribution in [0.3, 0.4) is 0 Å². The van der Waals surface area contributed by atoms with E-state index in [2.05, 4.69) is 15.2 Å². The second-order valence-corrected chi connectivity index (χ2v) is 5.56. The molecule has 0 spiro atoms. The Labute approximate surface area is 146 Å². The molecule has 0 bridgehead atoms. The van der Waals surface area contributed by atoms with Crippen LogP contribution in [0.25, 0.3) is 16.9 Å². The summed E-state index contributed by atoms with van der Waals surface area (Å²) in [4.78, 5) is 4.46. The van der Waals surface area contributed by atoms with Gasteiger partial charge in [-0.25, -0.2) is 13.8 Å². The van der Waals surface area contributed by atoms with E-state index in [9.17, 15) is 13.9 Å². The summed E-state index contributed by atoms with van der Waals surface area (Å²) in [7, 11) is 0. The maximum absolute atomic E-state index is 13.7. The fourth-order valence-electron chi connectivity index (χ4n) is 2.54. The van der Waals surface area contributed by atoms with E-state index in [0.717, 1.165) is 12.1 Å². The molecule has 0 atom stereocenters. The van der Waals surface area contributed by atoms with Crippen LogP contribution in [0.2, 0.25) is 0 Å². The van der Waals surface area contributed by atoms with Crippen LogP contribution in [0.1, 0.15) is 0 Å². The van der Waals surface area contributed by atoms with Crippen molar-refractivity contribution in [2.24, 2.45) is 10.2 Å². The van der Waals surface area contributed by atoms with Crippen molar-refractivity contribution in [1.29, 1.82) is 0 Å². The number of hydrogen-bond donors (Lipinski definition) is 1. The molecule has 0 saturated carbocycles. The van der Waals surface area contributed by atoms with Crippen LogP contribution >= 0.6 is 0 Å². The number of phenols is 1. The highest BCUT2D eigenvalue weighted by Crippen LogP contribution is 2.33. The summed E-state index contributed by atoms with van der Waals surface area (Å²) in [6.07, 6.45) is 1.76. The number of azo groups is 1. The van der Waals surface area contributed by atoms with Crippen molar-refractivity contribution in [1.82, 2.24) is 9.38 Å². The topological polar surface area (TPSA) is 62.2 Å². The fourth-order valence-corrected chi connectivity index (χ4v) is 2.54. The van der Waals surface area contributed by atoms with Gasteiger partial charge in [0.05, 0.1) is 5.69 Å². The van der Waals surface area contributed by atoms with E-state index in [0.29, 0.717) is 28.4 Å². The normalized spacial score (nSPS) is 11.5. The zero-order valence-corrected chi connectivity index (χ0v) is 13.3. The molecule has 26 heavy (non-hydrogen) atoms. The van der Waals surface area contributed by atoms with Crippen LogP contribution in [0.5, 0.6) is 5.75 Å². The number of phenolic OH excluding ortho intramolecular Hbond substituents is 1. The van der Waals surface area contributed by atoms with Gasteiger partial charge in [-0.15, -0.1) is 10.2 Å². The van der Waals surface area contributed by atoms with Crippen molar-refractivity contribution >= 4 is 17.2 Å². The van der Waals surface area contributed by atoms with Gasteiger partial charge in [-0.05, 0) is 54.6 Å². The van der Waals surface area contributed by atoms with E-state index in [1.54, 1.807) is 28.8 Å². The Morgan fingerprint density at radius 1 is 0.885 bits per heavy atom. The van der Waals surface area contributed by atoms with Crippen molar-refractivity contribution in [2.45, 2.75) is 0 Å². The van der Waals surface area contributed by atoms with Crippen LogP contribution in [-0.2, 0) is 0 Å². The molecule has 0 fully saturated rings. The van der Waals surface area contributed by atoms with Gasteiger partial charge >= 0.3 is 0 Å². The van der Waals surface area contributed by atoms with Gasteiger partial charge in [0.15, 0.2) is 17.5 Å². The van der Waals surface area contributed by atoms with E-state index in [4.69, 9.17) is 0 Å². The van der Waals surface area contributed by atoms with Crippen molar-refractivity contribution < 1.29 is 13.9 Å². The third-order valence-electron chi connectivity index (χ3n) is 3.81. The molecule has 0 radical (unpaired) electrons. The molecule has 7 heteroatoms. The predicted molar refractivity (Wildman–Crippen MR) is 92.8 cm³/mol. The Hall–Kier alpha value is -3.61. The van der Waals surface area contributed by atoms with Crippen molar-refractivity contribution in [2.75, 3.05) is 0 Å². The van der Waals surface area contributed by atoms with Gasteiger partial charge in [-0.2, -0.15) is 0 Å². The lowest BCUT2D eigenvalue weighted by Crippen LogP contribution is -1.86. The van der Waals surface area contributed by atoms with Crippen molar-refractivity contribution in [3.05, 3.63) is 78.5 Å². The van der Waals surface area contributed by atoms with Crippen LogP contribution in [0.15, 0.2) is 77.1 Å². The first kappa shape index (κ1) is 15.9. The van der Waals surface area contributed by atoms with Gasteiger partial charge in [-0.1, -0.05) is 6.07 Å². The second-order valence-electron chi connectivity index (χ2n) is 5.56. The van der Waals surface area contributed by atoms with Gasteiger partial charge in [0, 0.05) is 11.8 Å². The molecule has 0 aliphatic rings. The number of imidazole rings is 1. The summed E-state index contributed by atoms with van der Waals surface area (Å²) in [5.74, 6) is -1.37. The first-order valence-corrected chi connectivity index (χ1v) is 7.75. The zero-order chi connectivity index (χ0) is 18.1. The van der Waals surface area contributed by atoms with E-state index in [1.165, 1.54) is 18.2 Å². The molecule has 4 aromatic rings. The summed E-state index contributed by atoms with van der Waals surface area (Å²) in [5, 5.41) is 17.7. The standard InChI is InChI=1S/C19H12F2N4O/c20-15-9-4-12(11-16(15)21)18-19(25-10-2-1-3-17(25)22-18)24-23-13-5-7-14(26)8-6-13/h1-11,26H. The largest absolute Gasteiger partial charge is 0.508 e. The quantitative estimate of drug-likeness (QED) is 0.503. The summed E-state index contributed by atoms with van der Waals surface area (Å²) in [6.45, 7) is 0. The lowest BCUT2D eigenvalue weighted by Gasteiger charge is -2.01. The third-order valence-corrected chi connectivity index (χ3v) is 3.81.